The van der Waals surface area contributed by atoms with Crippen LogP contribution >= 0.6 is 0 Å². The number of phenolic OH excluding ortho intramolecular Hbond substituents is 1. The molecule has 1 aromatic carbocycles. The summed E-state index contributed by atoms with van der Waals surface area (Å²) in [5.74, 6) is 1.02. The maximum atomic E-state index is 12.1. The number of hydrogen-bond donors (Lipinski definition) is 4. The molecule has 4 N–H and O–H groups in total. The molecule has 6 rings (SSSR count). The summed E-state index contributed by atoms with van der Waals surface area (Å²) in [6.45, 7) is 1.68. The zero-order valence-electron chi connectivity index (χ0n) is 15.3. The fourth-order valence-corrected chi connectivity index (χ4v) is 6.89. The van der Waals surface area contributed by atoms with E-state index in [0.29, 0.717) is 30.9 Å². The number of nitrogens with zero attached hydrogens (tertiary/aromatic N) is 1. The Bertz CT molecular complexity index is 810. The molecule has 2 saturated carbocycles. The van der Waals surface area contributed by atoms with Crippen LogP contribution < -0.4 is 4.74 Å². The van der Waals surface area contributed by atoms with Gasteiger partial charge in [0.15, 0.2) is 11.5 Å². The predicted octanol–water partition coefficient (Wildman–Crippen LogP) is 1.20. The predicted molar refractivity (Wildman–Crippen MR) is 96.7 cm³/mol. The first-order valence-electron chi connectivity index (χ1n) is 10.3. The van der Waals surface area contributed by atoms with Crippen LogP contribution in [0, 0.1) is 5.92 Å². The molecule has 0 amide bonds. The van der Waals surface area contributed by atoms with Crippen molar-refractivity contribution in [2.24, 2.45) is 5.92 Å². The van der Waals surface area contributed by atoms with Crippen LogP contribution in [0.2, 0.25) is 0 Å². The van der Waals surface area contributed by atoms with Crippen molar-refractivity contribution in [2.75, 3.05) is 13.1 Å². The molecule has 146 valence electrons. The zero-order valence-corrected chi connectivity index (χ0v) is 15.3. The summed E-state index contributed by atoms with van der Waals surface area (Å²) in [6.07, 6.45) is 3.19. The highest BCUT2D eigenvalue weighted by Gasteiger charge is 2.74. The van der Waals surface area contributed by atoms with E-state index in [0.717, 1.165) is 24.2 Å². The van der Waals surface area contributed by atoms with Gasteiger partial charge in [0.05, 0.1) is 29.3 Å². The minimum Gasteiger partial charge on any atom is -0.504 e. The molecule has 3 aliphatic carbocycles. The average molecular weight is 373 g/mol. The minimum atomic E-state index is -1.16. The fraction of sp³-hybridized carbons (Fsp3) is 0.714. The second kappa shape index (κ2) is 5.17. The van der Waals surface area contributed by atoms with Gasteiger partial charge < -0.3 is 25.2 Å². The lowest BCUT2D eigenvalue weighted by atomic mass is 9.48. The van der Waals surface area contributed by atoms with Crippen molar-refractivity contribution < 1.29 is 25.2 Å². The van der Waals surface area contributed by atoms with Gasteiger partial charge in [-0.05, 0) is 56.2 Å². The Hall–Kier alpha value is -1.34. The van der Waals surface area contributed by atoms with E-state index in [9.17, 15) is 20.4 Å². The number of ether oxygens (including phenoxy) is 1. The van der Waals surface area contributed by atoms with Crippen LogP contribution in [-0.2, 0) is 5.41 Å². The number of likely N-dealkylation sites (tertiary alicyclic amines) is 1. The molecule has 1 spiro atoms. The van der Waals surface area contributed by atoms with Crippen LogP contribution in [0.5, 0.6) is 11.5 Å². The first-order chi connectivity index (χ1) is 13.0. The fourth-order valence-electron chi connectivity index (χ4n) is 6.89. The lowest BCUT2D eigenvalue weighted by Gasteiger charge is -2.65. The highest BCUT2D eigenvalue weighted by Crippen LogP contribution is 2.67. The summed E-state index contributed by atoms with van der Waals surface area (Å²) in [7, 11) is 0. The number of hydrogen-bond acceptors (Lipinski definition) is 6. The molecule has 2 bridgehead atoms. The highest BCUT2D eigenvalue weighted by molar-refractivity contribution is 5.63. The Morgan fingerprint density at radius 3 is 2.70 bits per heavy atom. The Morgan fingerprint density at radius 2 is 1.96 bits per heavy atom. The summed E-state index contributed by atoms with van der Waals surface area (Å²) >= 11 is 0. The number of aliphatic hydroxyl groups excluding tert-OH is 2. The van der Waals surface area contributed by atoms with Crippen LogP contribution in [0.3, 0.4) is 0 Å². The quantitative estimate of drug-likeness (QED) is 0.623. The van der Waals surface area contributed by atoms with Crippen LogP contribution in [0.25, 0.3) is 0 Å². The summed E-state index contributed by atoms with van der Waals surface area (Å²) in [6, 6.07) is 2.94. The topological polar surface area (TPSA) is 93.4 Å². The lowest BCUT2D eigenvalue weighted by Crippen LogP contribution is -2.78. The normalized spacial score (nSPS) is 45.1. The first-order valence-corrected chi connectivity index (χ1v) is 10.3. The van der Waals surface area contributed by atoms with Crippen molar-refractivity contribution in [2.45, 2.75) is 73.9 Å². The molecular weight excluding hydrogens is 346 g/mol. The van der Waals surface area contributed by atoms with E-state index in [1.165, 1.54) is 19.3 Å². The Balaban J connectivity index is 1.56. The van der Waals surface area contributed by atoms with Gasteiger partial charge in [0.25, 0.3) is 0 Å². The molecular formula is C21H27NO5. The van der Waals surface area contributed by atoms with Gasteiger partial charge in [-0.2, -0.15) is 0 Å². The molecule has 1 aromatic rings. The molecule has 6 atom stereocenters. The molecule has 0 aromatic heterocycles. The summed E-state index contributed by atoms with van der Waals surface area (Å²) in [5.41, 5.74) is -0.438. The SMILES string of the molecule is Oc1ccc2c3c1O[C@H]1[C@@H](O)CC[C@@]4(O)[C@@H](C2O)N(CC2CCC2)CC[C@]314. The largest absolute Gasteiger partial charge is 0.504 e. The lowest BCUT2D eigenvalue weighted by molar-refractivity contribution is -0.231. The molecule has 27 heavy (non-hydrogen) atoms. The van der Waals surface area contributed by atoms with Gasteiger partial charge in [-0.25, -0.2) is 0 Å². The summed E-state index contributed by atoms with van der Waals surface area (Å²) < 4.78 is 6.09. The number of benzene rings is 1. The van der Waals surface area contributed by atoms with Gasteiger partial charge in [0.1, 0.15) is 6.10 Å². The van der Waals surface area contributed by atoms with E-state index < -0.39 is 35.4 Å². The maximum absolute atomic E-state index is 12.1. The molecule has 0 radical (unpaired) electrons. The molecule has 2 aliphatic heterocycles. The molecule has 1 saturated heterocycles. The van der Waals surface area contributed by atoms with Crippen molar-refractivity contribution >= 4 is 0 Å². The van der Waals surface area contributed by atoms with Crippen molar-refractivity contribution in [3.8, 4) is 11.5 Å². The van der Waals surface area contributed by atoms with Crippen molar-refractivity contribution in [3.63, 3.8) is 0 Å². The zero-order chi connectivity index (χ0) is 18.6. The molecule has 1 unspecified atom stereocenters. The van der Waals surface area contributed by atoms with Crippen molar-refractivity contribution in [1.82, 2.24) is 4.90 Å². The number of aromatic hydroxyl groups is 1. The van der Waals surface area contributed by atoms with Gasteiger partial charge in [0, 0.05) is 12.1 Å². The van der Waals surface area contributed by atoms with Crippen LogP contribution in [0.15, 0.2) is 12.1 Å². The monoisotopic (exact) mass is 373 g/mol. The van der Waals surface area contributed by atoms with E-state index in [2.05, 4.69) is 4.90 Å². The summed E-state index contributed by atoms with van der Waals surface area (Å²) in [4.78, 5) is 2.29. The smallest absolute Gasteiger partial charge is 0.165 e. The standard InChI is InChI=1S/C21H27NO5/c23-13-5-4-12-15-17(13)27-19-14(24)6-7-21(26)18(16(12)25)22(9-8-20(15,19)21)10-11-2-1-3-11/h4-5,11,14,16,18-19,23-26H,1-3,6-10H2/t14-,16?,18+,19-,20-,21+/m0/s1. The van der Waals surface area contributed by atoms with E-state index in [-0.39, 0.29) is 5.75 Å². The van der Waals surface area contributed by atoms with Crippen LogP contribution in [-0.4, -0.2) is 62.3 Å². The van der Waals surface area contributed by atoms with Crippen LogP contribution in [0.4, 0.5) is 0 Å². The van der Waals surface area contributed by atoms with Gasteiger partial charge in [-0.3, -0.25) is 4.90 Å². The van der Waals surface area contributed by atoms with Gasteiger partial charge in [-0.15, -0.1) is 0 Å². The highest BCUT2D eigenvalue weighted by atomic mass is 16.5. The average Bonchev–Trinajstić information content (AvgIpc) is 2.96. The molecule has 2 heterocycles. The number of phenols is 1. The molecule has 3 fully saturated rings. The number of piperidine rings is 1. The van der Waals surface area contributed by atoms with E-state index in [4.69, 9.17) is 4.74 Å². The molecule has 5 aliphatic rings. The summed E-state index contributed by atoms with van der Waals surface area (Å²) in [5, 5.41) is 44.6. The van der Waals surface area contributed by atoms with E-state index >= 15 is 0 Å². The van der Waals surface area contributed by atoms with Gasteiger partial charge in [-0.1, -0.05) is 12.5 Å². The number of rotatable bonds is 2. The third-order valence-corrected chi connectivity index (χ3v) is 8.30. The third kappa shape index (κ3) is 1.77. The third-order valence-electron chi connectivity index (χ3n) is 8.30. The maximum Gasteiger partial charge on any atom is 0.165 e. The minimum absolute atomic E-state index is 0.0228. The van der Waals surface area contributed by atoms with Crippen molar-refractivity contribution in [1.29, 1.82) is 0 Å². The molecule has 6 nitrogen and oxygen atoms in total. The second-order valence-corrected chi connectivity index (χ2v) is 9.35. The van der Waals surface area contributed by atoms with Crippen molar-refractivity contribution in [3.05, 3.63) is 23.3 Å². The van der Waals surface area contributed by atoms with Crippen LogP contribution in [0.1, 0.15) is 55.8 Å². The number of aliphatic hydroxyl groups is 3. The van der Waals surface area contributed by atoms with E-state index in [1.54, 1.807) is 12.1 Å². The second-order valence-electron chi connectivity index (χ2n) is 9.35. The Labute approximate surface area is 158 Å². The Kier molecular flexibility index (Phi) is 3.18. The molecule has 6 heteroatoms. The van der Waals surface area contributed by atoms with Gasteiger partial charge >= 0.3 is 0 Å². The van der Waals surface area contributed by atoms with E-state index in [1.807, 2.05) is 0 Å². The first kappa shape index (κ1) is 16.6. The Morgan fingerprint density at radius 1 is 1.15 bits per heavy atom. The van der Waals surface area contributed by atoms with Gasteiger partial charge in [0.2, 0.25) is 0 Å².